The summed E-state index contributed by atoms with van der Waals surface area (Å²) in [4.78, 5) is 24.1. The first kappa shape index (κ1) is 13.9. The molecule has 1 N–H and O–H groups in total. The van der Waals surface area contributed by atoms with Crippen LogP contribution in [0.3, 0.4) is 0 Å². The Bertz CT molecular complexity index is 918. The molecule has 1 aromatic heterocycles. The Morgan fingerprint density at radius 2 is 2.05 bits per heavy atom. The standard InChI is InChI=1S/C15H14N4O3/c1-18-13(11(8-16)14(20)19(2)15(18)21)17-10-3-4-12-9(7-10)5-6-22-12/h3-4,7,17H,5-6H2,1-2H3. The third-order valence-electron chi connectivity index (χ3n) is 3.73. The molecule has 0 unspecified atom stereocenters. The van der Waals surface area contributed by atoms with Gasteiger partial charge in [-0.25, -0.2) is 4.79 Å². The van der Waals surface area contributed by atoms with E-state index in [2.05, 4.69) is 5.32 Å². The number of hydrogen-bond donors (Lipinski definition) is 1. The van der Waals surface area contributed by atoms with E-state index in [0.717, 1.165) is 22.3 Å². The van der Waals surface area contributed by atoms with Crippen molar-refractivity contribution in [3.63, 3.8) is 0 Å². The number of nitrogens with zero attached hydrogens (tertiary/aromatic N) is 3. The predicted octanol–water partition coefficient (Wildman–Crippen LogP) is 0.634. The Labute approximate surface area is 126 Å². The van der Waals surface area contributed by atoms with Crippen LogP contribution in [0.1, 0.15) is 11.1 Å². The molecule has 0 atom stereocenters. The molecule has 0 fully saturated rings. The Morgan fingerprint density at radius 3 is 2.77 bits per heavy atom. The van der Waals surface area contributed by atoms with Crippen molar-refractivity contribution >= 4 is 11.5 Å². The minimum atomic E-state index is -0.613. The van der Waals surface area contributed by atoms with Crippen LogP contribution in [0.2, 0.25) is 0 Å². The van der Waals surface area contributed by atoms with Gasteiger partial charge in [0.05, 0.1) is 6.61 Å². The van der Waals surface area contributed by atoms with Crippen molar-refractivity contribution in [3.05, 3.63) is 50.2 Å². The van der Waals surface area contributed by atoms with Crippen LogP contribution in [0.4, 0.5) is 11.5 Å². The fourth-order valence-electron chi connectivity index (χ4n) is 2.49. The van der Waals surface area contributed by atoms with Crippen LogP contribution in [0.15, 0.2) is 27.8 Å². The molecule has 7 nitrogen and oxygen atoms in total. The normalized spacial score (nSPS) is 12.4. The number of nitrogens with one attached hydrogen (secondary N) is 1. The van der Waals surface area contributed by atoms with Gasteiger partial charge in [0.25, 0.3) is 5.56 Å². The summed E-state index contributed by atoms with van der Waals surface area (Å²) >= 11 is 0. The lowest BCUT2D eigenvalue weighted by Crippen LogP contribution is -2.39. The first-order valence-electron chi connectivity index (χ1n) is 6.76. The zero-order valence-electron chi connectivity index (χ0n) is 12.2. The summed E-state index contributed by atoms with van der Waals surface area (Å²) in [5.41, 5.74) is 0.552. The molecule has 112 valence electrons. The van der Waals surface area contributed by atoms with E-state index in [1.807, 2.05) is 18.2 Å². The van der Waals surface area contributed by atoms with E-state index >= 15 is 0 Å². The van der Waals surface area contributed by atoms with E-state index in [0.29, 0.717) is 12.3 Å². The number of ether oxygens (including phenoxy) is 1. The molecule has 0 bridgehead atoms. The maximum atomic E-state index is 12.0. The zero-order chi connectivity index (χ0) is 15.9. The Balaban J connectivity index is 2.12. The van der Waals surface area contributed by atoms with Gasteiger partial charge in [-0.15, -0.1) is 0 Å². The molecule has 0 saturated heterocycles. The largest absolute Gasteiger partial charge is 0.493 e. The van der Waals surface area contributed by atoms with Crippen molar-refractivity contribution in [3.8, 4) is 11.8 Å². The van der Waals surface area contributed by atoms with Gasteiger partial charge in [0.2, 0.25) is 0 Å². The summed E-state index contributed by atoms with van der Waals surface area (Å²) in [5, 5.41) is 12.2. The number of hydrogen-bond acceptors (Lipinski definition) is 5. The van der Waals surface area contributed by atoms with Gasteiger partial charge in [0, 0.05) is 26.2 Å². The van der Waals surface area contributed by atoms with Crippen molar-refractivity contribution < 1.29 is 4.74 Å². The molecule has 0 saturated carbocycles. The topological polar surface area (TPSA) is 89.1 Å². The average molecular weight is 298 g/mol. The van der Waals surface area contributed by atoms with Crippen molar-refractivity contribution in [1.29, 1.82) is 5.26 Å². The summed E-state index contributed by atoms with van der Waals surface area (Å²) in [6.07, 6.45) is 0.811. The molecule has 2 heterocycles. The summed E-state index contributed by atoms with van der Waals surface area (Å²) in [6, 6.07) is 7.37. The highest BCUT2D eigenvalue weighted by Gasteiger charge is 2.17. The Hall–Kier alpha value is -3.01. The van der Waals surface area contributed by atoms with Crippen LogP contribution >= 0.6 is 0 Å². The molecule has 0 aliphatic carbocycles. The summed E-state index contributed by atoms with van der Waals surface area (Å²) in [5.74, 6) is 1.03. The molecule has 0 radical (unpaired) electrons. The van der Waals surface area contributed by atoms with Gasteiger partial charge in [-0.1, -0.05) is 0 Å². The van der Waals surface area contributed by atoms with Crippen molar-refractivity contribution in [2.75, 3.05) is 11.9 Å². The number of anilines is 2. The molecule has 1 aliphatic rings. The molecular formula is C15H14N4O3. The van der Waals surface area contributed by atoms with Gasteiger partial charge in [0.15, 0.2) is 5.56 Å². The third kappa shape index (κ3) is 2.05. The number of benzene rings is 1. The molecule has 1 aromatic carbocycles. The van der Waals surface area contributed by atoms with Gasteiger partial charge < -0.3 is 10.1 Å². The maximum Gasteiger partial charge on any atom is 0.332 e. The highest BCUT2D eigenvalue weighted by atomic mass is 16.5. The van der Waals surface area contributed by atoms with Gasteiger partial charge >= 0.3 is 5.69 Å². The number of aromatic nitrogens is 2. The second-order valence-corrected chi connectivity index (χ2v) is 5.09. The molecule has 0 spiro atoms. The zero-order valence-corrected chi connectivity index (χ0v) is 12.2. The van der Waals surface area contributed by atoms with Crippen LogP contribution in [0.5, 0.6) is 5.75 Å². The minimum Gasteiger partial charge on any atom is -0.493 e. The SMILES string of the molecule is Cn1c(Nc2ccc3c(c2)CCO3)c(C#N)c(=O)n(C)c1=O. The molecule has 22 heavy (non-hydrogen) atoms. The van der Waals surface area contributed by atoms with Gasteiger partial charge in [-0.3, -0.25) is 13.9 Å². The fourth-order valence-corrected chi connectivity index (χ4v) is 2.49. The average Bonchev–Trinajstić information content (AvgIpc) is 2.98. The third-order valence-corrected chi connectivity index (χ3v) is 3.73. The monoisotopic (exact) mass is 298 g/mol. The number of nitriles is 1. The lowest BCUT2D eigenvalue weighted by atomic mass is 10.1. The van der Waals surface area contributed by atoms with E-state index in [9.17, 15) is 14.9 Å². The van der Waals surface area contributed by atoms with Crippen LogP contribution in [0, 0.1) is 11.3 Å². The van der Waals surface area contributed by atoms with E-state index in [-0.39, 0.29) is 11.4 Å². The van der Waals surface area contributed by atoms with Crippen LogP contribution < -0.4 is 21.3 Å². The second kappa shape index (κ2) is 5.07. The predicted molar refractivity (Wildman–Crippen MR) is 80.6 cm³/mol. The quantitative estimate of drug-likeness (QED) is 0.878. The minimum absolute atomic E-state index is 0.0960. The van der Waals surface area contributed by atoms with Crippen molar-refractivity contribution in [2.24, 2.45) is 14.1 Å². The lowest BCUT2D eigenvalue weighted by molar-refractivity contribution is 0.357. The molecule has 1 aliphatic heterocycles. The van der Waals surface area contributed by atoms with E-state index < -0.39 is 11.2 Å². The lowest BCUT2D eigenvalue weighted by Gasteiger charge is -2.14. The molecule has 0 amide bonds. The Morgan fingerprint density at radius 1 is 1.27 bits per heavy atom. The highest BCUT2D eigenvalue weighted by molar-refractivity contribution is 5.64. The van der Waals surface area contributed by atoms with Gasteiger partial charge in [-0.2, -0.15) is 5.26 Å². The van der Waals surface area contributed by atoms with Crippen LogP contribution in [0.25, 0.3) is 0 Å². The van der Waals surface area contributed by atoms with Crippen molar-refractivity contribution in [1.82, 2.24) is 9.13 Å². The van der Waals surface area contributed by atoms with Gasteiger partial charge in [0.1, 0.15) is 17.6 Å². The van der Waals surface area contributed by atoms with Crippen LogP contribution in [-0.4, -0.2) is 15.7 Å². The first-order valence-corrected chi connectivity index (χ1v) is 6.76. The highest BCUT2D eigenvalue weighted by Crippen LogP contribution is 2.29. The van der Waals surface area contributed by atoms with Crippen molar-refractivity contribution in [2.45, 2.75) is 6.42 Å². The summed E-state index contributed by atoms with van der Waals surface area (Å²) in [7, 11) is 2.86. The first-order chi connectivity index (χ1) is 10.5. The number of rotatable bonds is 2. The van der Waals surface area contributed by atoms with E-state index in [4.69, 9.17) is 4.74 Å². The van der Waals surface area contributed by atoms with Gasteiger partial charge in [-0.05, 0) is 23.8 Å². The molecular weight excluding hydrogens is 284 g/mol. The number of fused-ring (bicyclic) bond motifs is 1. The summed E-state index contributed by atoms with van der Waals surface area (Å²) in [6.45, 7) is 0.645. The summed E-state index contributed by atoms with van der Waals surface area (Å²) < 4.78 is 7.61. The molecule has 2 aromatic rings. The fraction of sp³-hybridized carbons (Fsp3) is 0.267. The van der Waals surface area contributed by atoms with Crippen LogP contribution in [-0.2, 0) is 20.5 Å². The maximum absolute atomic E-state index is 12.0. The smallest absolute Gasteiger partial charge is 0.332 e. The van der Waals surface area contributed by atoms with E-state index in [1.54, 1.807) is 6.07 Å². The Kier molecular flexibility index (Phi) is 3.22. The molecule has 3 rings (SSSR count). The second-order valence-electron chi connectivity index (χ2n) is 5.09. The van der Waals surface area contributed by atoms with E-state index in [1.165, 1.54) is 18.7 Å². The molecule has 7 heteroatoms.